The van der Waals surface area contributed by atoms with Crippen molar-refractivity contribution in [1.29, 1.82) is 0 Å². The Morgan fingerprint density at radius 3 is 2.18 bits per heavy atom. The standard InChI is InChI=1S/C18H14N4/c19-18-20-17-16(7-4-12-22(17)21-18)15-10-8-14(9-11-15)13-5-2-1-3-6-13/h1-12H,(H2,19,21). The molecular weight excluding hydrogens is 272 g/mol. The van der Waals surface area contributed by atoms with Gasteiger partial charge in [0.15, 0.2) is 5.65 Å². The van der Waals surface area contributed by atoms with Gasteiger partial charge in [-0.1, -0.05) is 54.6 Å². The number of hydrogen-bond donors (Lipinski definition) is 1. The third-order valence-corrected chi connectivity index (χ3v) is 3.68. The van der Waals surface area contributed by atoms with Crippen molar-refractivity contribution in [1.82, 2.24) is 14.6 Å². The van der Waals surface area contributed by atoms with Crippen molar-refractivity contribution in [2.45, 2.75) is 0 Å². The van der Waals surface area contributed by atoms with Gasteiger partial charge in [0.25, 0.3) is 0 Å². The maximum Gasteiger partial charge on any atom is 0.240 e. The maximum atomic E-state index is 5.69. The second-order valence-electron chi connectivity index (χ2n) is 5.10. The molecule has 0 unspecified atom stereocenters. The average Bonchev–Trinajstić information content (AvgIpc) is 2.96. The van der Waals surface area contributed by atoms with E-state index in [0.717, 1.165) is 16.8 Å². The Morgan fingerprint density at radius 2 is 1.41 bits per heavy atom. The molecule has 0 fully saturated rings. The Bertz CT molecular complexity index is 924. The number of pyridine rings is 1. The largest absolute Gasteiger partial charge is 0.366 e. The molecule has 0 saturated heterocycles. The van der Waals surface area contributed by atoms with E-state index in [9.17, 15) is 0 Å². The highest BCUT2D eigenvalue weighted by atomic mass is 15.3. The van der Waals surface area contributed by atoms with Crippen LogP contribution in [0.1, 0.15) is 0 Å². The summed E-state index contributed by atoms with van der Waals surface area (Å²) in [7, 11) is 0. The van der Waals surface area contributed by atoms with Gasteiger partial charge in [0.2, 0.25) is 5.95 Å². The van der Waals surface area contributed by atoms with E-state index in [1.54, 1.807) is 4.52 Å². The molecule has 4 rings (SSSR count). The van der Waals surface area contributed by atoms with E-state index in [0.29, 0.717) is 0 Å². The van der Waals surface area contributed by atoms with Crippen LogP contribution in [0.25, 0.3) is 27.9 Å². The molecule has 0 aliphatic rings. The number of benzene rings is 2. The minimum atomic E-state index is 0.286. The summed E-state index contributed by atoms with van der Waals surface area (Å²) in [6.07, 6.45) is 1.85. The van der Waals surface area contributed by atoms with Crippen molar-refractivity contribution in [3.05, 3.63) is 72.9 Å². The number of fused-ring (bicyclic) bond motifs is 1. The molecule has 0 amide bonds. The maximum absolute atomic E-state index is 5.69. The lowest BCUT2D eigenvalue weighted by atomic mass is 10.0. The number of anilines is 1. The van der Waals surface area contributed by atoms with E-state index in [1.807, 2.05) is 36.5 Å². The number of nitrogen functional groups attached to an aromatic ring is 1. The van der Waals surface area contributed by atoms with Gasteiger partial charge in [-0.25, -0.2) is 4.52 Å². The van der Waals surface area contributed by atoms with Gasteiger partial charge in [0.05, 0.1) is 0 Å². The molecule has 4 nitrogen and oxygen atoms in total. The van der Waals surface area contributed by atoms with Gasteiger partial charge in [-0.2, -0.15) is 4.98 Å². The van der Waals surface area contributed by atoms with Gasteiger partial charge in [-0.05, 0) is 28.8 Å². The molecule has 2 aromatic heterocycles. The fraction of sp³-hybridized carbons (Fsp3) is 0. The lowest BCUT2D eigenvalue weighted by molar-refractivity contribution is 0.969. The van der Waals surface area contributed by atoms with Crippen molar-refractivity contribution in [3.63, 3.8) is 0 Å². The van der Waals surface area contributed by atoms with E-state index in [1.165, 1.54) is 11.1 Å². The van der Waals surface area contributed by atoms with Crippen LogP contribution in [-0.4, -0.2) is 14.6 Å². The first-order valence-electron chi connectivity index (χ1n) is 7.08. The molecule has 0 bridgehead atoms. The summed E-state index contributed by atoms with van der Waals surface area (Å²) < 4.78 is 1.70. The van der Waals surface area contributed by atoms with Gasteiger partial charge in [0, 0.05) is 11.8 Å². The van der Waals surface area contributed by atoms with Crippen LogP contribution in [0, 0.1) is 0 Å². The SMILES string of the molecule is Nc1nc2c(-c3ccc(-c4ccccc4)cc3)cccn2n1. The Hall–Kier alpha value is -3.14. The highest BCUT2D eigenvalue weighted by molar-refractivity contribution is 5.79. The van der Waals surface area contributed by atoms with E-state index < -0.39 is 0 Å². The van der Waals surface area contributed by atoms with Crippen LogP contribution in [0.2, 0.25) is 0 Å². The smallest absolute Gasteiger partial charge is 0.240 e. The second kappa shape index (κ2) is 5.00. The summed E-state index contributed by atoms with van der Waals surface area (Å²) in [5.41, 5.74) is 11.0. The Balaban J connectivity index is 1.79. The summed E-state index contributed by atoms with van der Waals surface area (Å²) in [5.74, 6) is 0.286. The zero-order valence-electron chi connectivity index (χ0n) is 11.8. The van der Waals surface area contributed by atoms with Crippen LogP contribution in [0.15, 0.2) is 72.9 Å². The number of aromatic nitrogens is 3. The van der Waals surface area contributed by atoms with Gasteiger partial charge < -0.3 is 5.73 Å². The number of rotatable bonds is 2. The highest BCUT2D eigenvalue weighted by Gasteiger charge is 2.08. The molecule has 0 radical (unpaired) electrons. The molecule has 2 N–H and O–H groups in total. The van der Waals surface area contributed by atoms with Crippen molar-refractivity contribution >= 4 is 11.6 Å². The van der Waals surface area contributed by atoms with E-state index >= 15 is 0 Å². The van der Waals surface area contributed by atoms with Gasteiger partial charge in [-0.3, -0.25) is 0 Å². The Kier molecular flexibility index (Phi) is 2.86. The molecular formula is C18H14N4. The fourth-order valence-electron chi connectivity index (χ4n) is 2.62. The first kappa shape index (κ1) is 12.6. The van der Waals surface area contributed by atoms with Crippen LogP contribution in [0.4, 0.5) is 5.95 Å². The summed E-state index contributed by atoms with van der Waals surface area (Å²) in [4.78, 5) is 4.30. The summed E-state index contributed by atoms with van der Waals surface area (Å²) in [5, 5.41) is 4.15. The molecule has 0 spiro atoms. The van der Waals surface area contributed by atoms with Crippen LogP contribution in [-0.2, 0) is 0 Å². The lowest BCUT2D eigenvalue weighted by Crippen LogP contribution is -1.90. The molecule has 0 atom stereocenters. The van der Waals surface area contributed by atoms with Gasteiger partial charge >= 0.3 is 0 Å². The predicted molar refractivity (Wildman–Crippen MR) is 88.3 cm³/mol. The molecule has 2 aromatic carbocycles. The molecule has 0 saturated carbocycles. The molecule has 106 valence electrons. The zero-order valence-corrected chi connectivity index (χ0v) is 11.8. The molecule has 4 heteroatoms. The number of nitrogens with zero attached hydrogens (tertiary/aromatic N) is 3. The van der Waals surface area contributed by atoms with Gasteiger partial charge in [-0.15, -0.1) is 5.10 Å². The molecule has 22 heavy (non-hydrogen) atoms. The number of hydrogen-bond acceptors (Lipinski definition) is 3. The normalized spacial score (nSPS) is 10.9. The van der Waals surface area contributed by atoms with E-state index in [4.69, 9.17) is 5.73 Å². The minimum Gasteiger partial charge on any atom is -0.366 e. The van der Waals surface area contributed by atoms with Crippen LogP contribution < -0.4 is 5.73 Å². The van der Waals surface area contributed by atoms with Crippen LogP contribution in [0.3, 0.4) is 0 Å². The van der Waals surface area contributed by atoms with E-state index in [-0.39, 0.29) is 5.95 Å². The van der Waals surface area contributed by atoms with Crippen LogP contribution >= 0.6 is 0 Å². The lowest BCUT2D eigenvalue weighted by Gasteiger charge is -2.05. The first-order valence-corrected chi connectivity index (χ1v) is 7.08. The summed E-state index contributed by atoms with van der Waals surface area (Å²) in [6.45, 7) is 0. The third-order valence-electron chi connectivity index (χ3n) is 3.68. The molecule has 0 aliphatic heterocycles. The first-order chi connectivity index (χ1) is 10.8. The molecule has 2 heterocycles. The Morgan fingerprint density at radius 1 is 0.727 bits per heavy atom. The van der Waals surface area contributed by atoms with Crippen molar-refractivity contribution < 1.29 is 0 Å². The monoisotopic (exact) mass is 286 g/mol. The summed E-state index contributed by atoms with van der Waals surface area (Å²) >= 11 is 0. The molecule has 4 aromatic rings. The van der Waals surface area contributed by atoms with E-state index in [2.05, 4.69) is 46.5 Å². The Labute approximate surface area is 127 Å². The summed E-state index contributed by atoms with van der Waals surface area (Å²) in [6, 6.07) is 22.7. The topological polar surface area (TPSA) is 56.2 Å². The predicted octanol–water partition coefficient (Wildman–Crippen LogP) is 3.65. The second-order valence-corrected chi connectivity index (χ2v) is 5.10. The van der Waals surface area contributed by atoms with Crippen molar-refractivity contribution in [3.8, 4) is 22.3 Å². The number of nitrogens with two attached hydrogens (primary N) is 1. The average molecular weight is 286 g/mol. The quantitative estimate of drug-likeness (QED) is 0.612. The minimum absolute atomic E-state index is 0.286. The van der Waals surface area contributed by atoms with Crippen LogP contribution in [0.5, 0.6) is 0 Å². The molecule has 0 aliphatic carbocycles. The van der Waals surface area contributed by atoms with Crippen molar-refractivity contribution in [2.24, 2.45) is 0 Å². The zero-order chi connectivity index (χ0) is 14.9. The van der Waals surface area contributed by atoms with Gasteiger partial charge in [0.1, 0.15) is 0 Å². The highest BCUT2D eigenvalue weighted by Crippen LogP contribution is 2.27. The van der Waals surface area contributed by atoms with Crippen molar-refractivity contribution in [2.75, 3.05) is 5.73 Å². The third kappa shape index (κ3) is 2.11. The fourth-order valence-corrected chi connectivity index (χ4v) is 2.62.